The van der Waals surface area contributed by atoms with Gasteiger partial charge in [-0.25, -0.2) is 13.8 Å². The topological polar surface area (TPSA) is 64.5 Å². The molecule has 1 aromatic carbocycles. The Balaban J connectivity index is 1.64. The molecule has 0 aliphatic carbocycles. The lowest BCUT2D eigenvalue weighted by Gasteiger charge is -2.43. The molecule has 0 radical (unpaired) electrons. The van der Waals surface area contributed by atoms with Crippen molar-refractivity contribution in [3.8, 4) is 0 Å². The molecular formula is C17H25F2N3O. The number of halogens is 2. The van der Waals surface area contributed by atoms with Crippen LogP contribution >= 0.6 is 0 Å². The molecule has 23 heavy (non-hydrogen) atoms. The second kappa shape index (κ2) is 7.21. The van der Waals surface area contributed by atoms with Gasteiger partial charge in [0, 0.05) is 19.2 Å². The van der Waals surface area contributed by atoms with Gasteiger partial charge in [0.15, 0.2) is 11.6 Å². The van der Waals surface area contributed by atoms with E-state index in [2.05, 4.69) is 0 Å². The molecule has 0 bridgehead atoms. The number of nitrogens with zero attached hydrogens (tertiary/aromatic N) is 1. The van der Waals surface area contributed by atoms with Gasteiger partial charge >= 0.3 is 0 Å². The summed E-state index contributed by atoms with van der Waals surface area (Å²) in [5, 5.41) is 1.87. The number of benzene rings is 1. The van der Waals surface area contributed by atoms with E-state index >= 15 is 0 Å². The number of piperidine rings is 1. The summed E-state index contributed by atoms with van der Waals surface area (Å²) < 4.78 is 32.3. The molecule has 4 nitrogen and oxygen atoms in total. The maximum absolute atomic E-state index is 13.4. The molecule has 3 rings (SSSR count). The van der Waals surface area contributed by atoms with E-state index < -0.39 is 11.6 Å². The fourth-order valence-electron chi connectivity index (χ4n) is 3.77. The lowest BCUT2D eigenvalue weighted by Crippen LogP contribution is -2.55. The van der Waals surface area contributed by atoms with Gasteiger partial charge in [-0.1, -0.05) is 6.07 Å². The average Bonchev–Trinajstić information content (AvgIpc) is 2.53. The van der Waals surface area contributed by atoms with Gasteiger partial charge in [-0.15, -0.1) is 0 Å². The Bertz CT molecular complexity index is 543. The van der Waals surface area contributed by atoms with Crippen LogP contribution in [0.4, 0.5) is 8.78 Å². The van der Waals surface area contributed by atoms with Crippen molar-refractivity contribution in [3.63, 3.8) is 0 Å². The normalized spacial score (nSPS) is 32.9. The summed E-state index contributed by atoms with van der Waals surface area (Å²) in [6, 6.07) is 4.48. The van der Waals surface area contributed by atoms with Crippen LogP contribution in [-0.2, 0) is 11.2 Å². The van der Waals surface area contributed by atoms with E-state index in [4.69, 9.17) is 16.3 Å². The lowest BCUT2D eigenvalue weighted by atomic mass is 9.83. The fraction of sp³-hybridized carbons (Fsp3) is 0.647. The molecule has 4 unspecified atom stereocenters. The third-order valence-corrected chi connectivity index (χ3v) is 5.09. The van der Waals surface area contributed by atoms with E-state index in [1.54, 1.807) is 6.07 Å². The molecule has 0 amide bonds. The molecule has 4 atom stereocenters. The molecule has 128 valence electrons. The van der Waals surface area contributed by atoms with Crippen LogP contribution < -0.4 is 11.6 Å². The molecule has 2 aliphatic rings. The zero-order valence-corrected chi connectivity index (χ0v) is 13.3. The molecule has 0 spiro atoms. The number of hydrazine groups is 1. The highest BCUT2D eigenvalue weighted by molar-refractivity contribution is 5.18. The molecule has 2 aliphatic heterocycles. The molecule has 6 heteroatoms. The molecule has 2 fully saturated rings. The molecule has 2 saturated heterocycles. The van der Waals surface area contributed by atoms with Gasteiger partial charge in [0.1, 0.15) is 0 Å². The summed E-state index contributed by atoms with van der Waals surface area (Å²) in [5.74, 6) is 4.97. The Morgan fingerprint density at radius 1 is 1.17 bits per heavy atom. The Hall–Kier alpha value is -1.08. The van der Waals surface area contributed by atoms with E-state index in [0.29, 0.717) is 12.5 Å². The quantitative estimate of drug-likeness (QED) is 0.834. The SMILES string of the molecule is NC1CCOC(C2CC(Cc3ccc(F)c(F)c3)CCN2N)C1. The first kappa shape index (κ1) is 16.8. The van der Waals surface area contributed by atoms with Crippen molar-refractivity contribution in [2.24, 2.45) is 17.5 Å². The maximum Gasteiger partial charge on any atom is 0.159 e. The summed E-state index contributed by atoms with van der Waals surface area (Å²) in [6.07, 6.45) is 4.37. The Morgan fingerprint density at radius 3 is 2.74 bits per heavy atom. The van der Waals surface area contributed by atoms with Gasteiger partial charge in [0.25, 0.3) is 0 Å². The van der Waals surface area contributed by atoms with Crippen molar-refractivity contribution < 1.29 is 13.5 Å². The number of hydrogen-bond acceptors (Lipinski definition) is 4. The Labute approximate surface area is 135 Å². The monoisotopic (exact) mass is 325 g/mol. The van der Waals surface area contributed by atoms with Gasteiger partial charge < -0.3 is 10.5 Å². The van der Waals surface area contributed by atoms with Gasteiger partial charge in [0.05, 0.1) is 12.1 Å². The van der Waals surface area contributed by atoms with E-state index in [0.717, 1.165) is 44.2 Å². The van der Waals surface area contributed by atoms with Crippen LogP contribution in [-0.4, -0.2) is 36.3 Å². The van der Waals surface area contributed by atoms with Gasteiger partial charge in [-0.05, 0) is 55.7 Å². The van der Waals surface area contributed by atoms with Gasteiger partial charge in [-0.2, -0.15) is 0 Å². The van der Waals surface area contributed by atoms with Crippen molar-refractivity contribution in [2.45, 2.75) is 50.3 Å². The number of rotatable bonds is 3. The van der Waals surface area contributed by atoms with Crippen LogP contribution in [0, 0.1) is 17.6 Å². The predicted octanol–water partition coefficient (Wildman–Crippen LogP) is 1.97. The zero-order chi connectivity index (χ0) is 16.4. The number of ether oxygens (including phenoxy) is 1. The minimum absolute atomic E-state index is 0.0662. The fourth-order valence-corrected chi connectivity index (χ4v) is 3.77. The first-order valence-electron chi connectivity index (χ1n) is 8.35. The second-order valence-electron chi connectivity index (χ2n) is 6.84. The van der Waals surface area contributed by atoms with Crippen LogP contribution in [0.2, 0.25) is 0 Å². The standard InChI is InChI=1S/C17H25F2N3O/c18-14-2-1-11(8-15(14)19)7-12-3-5-22(21)16(9-12)17-10-13(20)4-6-23-17/h1-2,8,12-13,16-17H,3-7,9-10,20-21H2. The first-order chi connectivity index (χ1) is 11.0. The average molecular weight is 325 g/mol. The summed E-state index contributed by atoms with van der Waals surface area (Å²) in [7, 11) is 0. The van der Waals surface area contributed by atoms with Crippen molar-refractivity contribution in [1.29, 1.82) is 0 Å². The molecular weight excluding hydrogens is 300 g/mol. The largest absolute Gasteiger partial charge is 0.376 e. The van der Waals surface area contributed by atoms with Crippen LogP contribution in [0.25, 0.3) is 0 Å². The first-order valence-corrected chi connectivity index (χ1v) is 8.35. The highest BCUT2D eigenvalue weighted by atomic mass is 19.2. The van der Waals surface area contributed by atoms with Crippen molar-refractivity contribution in [3.05, 3.63) is 35.4 Å². The Morgan fingerprint density at radius 2 is 2.00 bits per heavy atom. The zero-order valence-electron chi connectivity index (χ0n) is 13.3. The molecule has 2 heterocycles. The van der Waals surface area contributed by atoms with Crippen LogP contribution in [0.5, 0.6) is 0 Å². The van der Waals surface area contributed by atoms with Crippen LogP contribution in [0.1, 0.15) is 31.2 Å². The predicted molar refractivity (Wildman–Crippen MR) is 84.4 cm³/mol. The summed E-state index contributed by atoms with van der Waals surface area (Å²) >= 11 is 0. The second-order valence-corrected chi connectivity index (χ2v) is 6.84. The maximum atomic E-state index is 13.4. The van der Waals surface area contributed by atoms with Crippen molar-refractivity contribution in [1.82, 2.24) is 5.01 Å². The third kappa shape index (κ3) is 4.07. The Kier molecular flexibility index (Phi) is 5.26. The molecule has 1 aromatic rings. The van der Waals surface area contributed by atoms with Crippen molar-refractivity contribution >= 4 is 0 Å². The van der Waals surface area contributed by atoms with E-state index in [1.807, 2.05) is 5.01 Å². The van der Waals surface area contributed by atoms with Crippen LogP contribution in [0.3, 0.4) is 0 Å². The number of hydrogen-bond donors (Lipinski definition) is 2. The van der Waals surface area contributed by atoms with E-state index in [-0.39, 0.29) is 18.2 Å². The molecule has 0 aromatic heterocycles. The lowest BCUT2D eigenvalue weighted by molar-refractivity contribution is -0.0662. The van der Waals surface area contributed by atoms with Gasteiger partial charge in [0.2, 0.25) is 0 Å². The van der Waals surface area contributed by atoms with Crippen molar-refractivity contribution in [2.75, 3.05) is 13.2 Å². The van der Waals surface area contributed by atoms with Crippen LogP contribution in [0.15, 0.2) is 18.2 Å². The summed E-state index contributed by atoms with van der Waals surface area (Å²) in [4.78, 5) is 0. The summed E-state index contributed by atoms with van der Waals surface area (Å²) in [5.41, 5.74) is 6.88. The molecule has 0 saturated carbocycles. The minimum Gasteiger partial charge on any atom is -0.376 e. The van der Waals surface area contributed by atoms with Gasteiger partial charge in [-0.3, -0.25) is 5.84 Å². The number of nitrogens with two attached hydrogens (primary N) is 2. The van der Waals surface area contributed by atoms with E-state index in [1.165, 1.54) is 12.1 Å². The van der Waals surface area contributed by atoms with E-state index in [9.17, 15) is 8.78 Å². The smallest absolute Gasteiger partial charge is 0.159 e. The highest BCUT2D eigenvalue weighted by Crippen LogP contribution is 2.30. The molecule has 4 N–H and O–H groups in total. The third-order valence-electron chi connectivity index (χ3n) is 5.09. The summed E-state index contributed by atoms with van der Waals surface area (Å²) in [6.45, 7) is 1.47. The highest BCUT2D eigenvalue weighted by Gasteiger charge is 2.35. The minimum atomic E-state index is -0.798.